The summed E-state index contributed by atoms with van der Waals surface area (Å²) < 4.78 is 0.725. The molecule has 1 fully saturated rings. The molecule has 0 aromatic carbocycles. The molecule has 0 spiro atoms. The quantitative estimate of drug-likeness (QED) is 0.397. The van der Waals surface area contributed by atoms with Crippen molar-refractivity contribution in [1.29, 1.82) is 0 Å². The summed E-state index contributed by atoms with van der Waals surface area (Å²) in [6, 6.07) is 5.65. The number of pyridine rings is 1. The van der Waals surface area contributed by atoms with Gasteiger partial charge in [0.15, 0.2) is 0 Å². The highest BCUT2D eigenvalue weighted by molar-refractivity contribution is 9.10. The normalized spacial score (nSPS) is 18.5. The molecule has 1 aliphatic rings. The Balaban J connectivity index is 2.16. The Labute approximate surface area is 195 Å². The molecule has 0 aliphatic carbocycles. The van der Waals surface area contributed by atoms with E-state index in [9.17, 15) is 29.7 Å². The first-order valence-corrected chi connectivity index (χ1v) is 11.2. The van der Waals surface area contributed by atoms with E-state index in [0.717, 1.165) is 10.3 Å². The van der Waals surface area contributed by atoms with Gasteiger partial charge in [-0.2, -0.15) is 0 Å². The minimum atomic E-state index is -0.973. The van der Waals surface area contributed by atoms with Crippen LogP contribution in [0.2, 0.25) is 0 Å². The summed E-state index contributed by atoms with van der Waals surface area (Å²) in [5.41, 5.74) is 0.855. The van der Waals surface area contributed by atoms with Crippen molar-refractivity contribution in [1.82, 2.24) is 24.6 Å². The maximum atomic E-state index is 11.3. The Morgan fingerprint density at radius 3 is 1.44 bits per heavy atom. The van der Waals surface area contributed by atoms with E-state index >= 15 is 0 Å². The predicted molar refractivity (Wildman–Crippen MR) is 119 cm³/mol. The molecular weight excluding hydrogens is 486 g/mol. The highest BCUT2D eigenvalue weighted by Crippen LogP contribution is 2.09. The summed E-state index contributed by atoms with van der Waals surface area (Å²) in [6.45, 7) is 3.80. The van der Waals surface area contributed by atoms with Crippen LogP contribution < -0.4 is 0 Å². The minimum absolute atomic E-state index is 0.130. The zero-order chi connectivity index (χ0) is 23.5. The topological polar surface area (TPSA) is 138 Å². The molecule has 11 nitrogen and oxygen atoms in total. The zero-order valence-electron chi connectivity index (χ0n) is 17.9. The average Bonchev–Trinajstić information content (AvgIpc) is 2.69. The van der Waals surface area contributed by atoms with E-state index in [1.165, 1.54) is 0 Å². The molecule has 1 saturated heterocycles. The van der Waals surface area contributed by atoms with E-state index in [1.807, 2.05) is 18.2 Å². The van der Waals surface area contributed by atoms with Gasteiger partial charge >= 0.3 is 17.9 Å². The van der Waals surface area contributed by atoms with Gasteiger partial charge in [0, 0.05) is 58.9 Å². The number of hydrogen-bond donors (Lipinski definition) is 3. The van der Waals surface area contributed by atoms with Crippen molar-refractivity contribution in [2.45, 2.75) is 6.54 Å². The fourth-order valence-corrected chi connectivity index (χ4v) is 3.93. The van der Waals surface area contributed by atoms with Crippen molar-refractivity contribution in [2.75, 3.05) is 72.0 Å². The number of nitrogens with zero attached hydrogens (tertiary/aromatic N) is 5. The molecule has 12 heteroatoms. The zero-order valence-corrected chi connectivity index (χ0v) is 19.5. The fourth-order valence-electron chi connectivity index (χ4n) is 3.55. The summed E-state index contributed by atoms with van der Waals surface area (Å²) in [7, 11) is 0. The number of rotatable bonds is 8. The molecular formula is C20H30BrN5O6. The van der Waals surface area contributed by atoms with Crippen LogP contribution in [0.4, 0.5) is 0 Å². The Morgan fingerprint density at radius 1 is 0.719 bits per heavy atom. The Morgan fingerprint density at radius 2 is 1.09 bits per heavy atom. The lowest BCUT2D eigenvalue weighted by molar-refractivity contribution is -0.140. The van der Waals surface area contributed by atoms with Crippen LogP contribution in [0.5, 0.6) is 0 Å². The molecule has 0 amide bonds. The summed E-state index contributed by atoms with van der Waals surface area (Å²) >= 11 is 3.37. The molecule has 32 heavy (non-hydrogen) atoms. The minimum Gasteiger partial charge on any atom is -0.480 e. The Hall–Kier alpha value is -2.12. The molecule has 0 saturated carbocycles. The number of aliphatic carboxylic acids is 3. The lowest BCUT2D eigenvalue weighted by Crippen LogP contribution is -2.48. The van der Waals surface area contributed by atoms with Crippen molar-refractivity contribution in [3.8, 4) is 0 Å². The molecule has 0 bridgehead atoms. The third-order valence-electron chi connectivity index (χ3n) is 5.16. The van der Waals surface area contributed by atoms with E-state index in [2.05, 4.69) is 25.8 Å². The van der Waals surface area contributed by atoms with E-state index in [0.29, 0.717) is 58.9 Å². The van der Waals surface area contributed by atoms with Gasteiger partial charge in [-0.1, -0.05) is 6.07 Å². The van der Waals surface area contributed by atoms with Crippen molar-refractivity contribution >= 4 is 33.8 Å². The van der Waals surface area contributed by atoms with Crippen molar-refractivity contribution in [3.05, 3.63) is 28.5 Å². The van der Waals surface area contributed by atoms with Gasteiger partial charge in [0.2, 0.25) is 0 Å². The summed E-state index contributed by atoms with van der Waals surface area (Å²) in [6.07, 6.45) is 0. The molecule has 178 valence electrons. The second kappa shape index (κ2) is 13.4. The van der Waals surface area contributed by atoms with E-state index in [-0.39, 0.29) is 19.6 Å². The molecule has 2 rings (SSSR count). The largest absolute Gasteiger partial charge is 0.480 e. The van der Waals surface area contributed by atoms with E-state index in [1.54, 1.807) is 14.7 Å². The van der Waals surface area contributed by atoms with E-state index < -0.39 is 17.9 Å². The molecule has 2 heterocycles. The van der Waals surface area contributed by atoms with Crippen LogP contribution in [0, 0.1) is 0 Å². The molecule has 0 unspecified atom stereocenters. The average molecular weight is 516 g/mol. The maximum Gasteiger partial charge on any atom is 0.317 e. The van der Waals surface area contributed by atoms with Crippen LogP contribution in [0.3, 0.4) is 0 Å². The van der Waals surface area contributed by atoms with Crippen LogP contribution in [0.25, 0.3) is 0 Å². The SMILES string of the molecule is O=C(O)CN1CCN(CC(=O)O)CCN(Cc2cccc(Br)n2)CCN(CC(=O)O)CC1. The van der Waals surface area contributed by atoms with Crippen LogP contribution in [0.15, 0.2) is 22.8 Å². The molecule has 0 radical (unpaired) electrons. The second-order valence-electron chi connectivity index (χ2n) is 7.74. The molecule has 3 N–H and O–H groups in total. The van der Waals surface area contributed by atoms with E-state index in [4.69, 9.17) is 0 Å². The lowest BCUT2D eigenvalue weighted by Gasteiger charge is -2.33. The molecule has 1 aromatic rings. The fraction of sp³-hybridized carbons (Fsp3) is 0.600. The lowest BCUT2D eigenvalue weighted by atomic mass is 10.3. The second-order valence-corrected chi connectivity index (χ2v) is 8.55. The first-order chi connectivity index (χ1) is 15.2. The van der Waals surface area contributed by atoms with Gasteiger partial charge in [-0.3, -0.25) is 34.0 Å². The van der Waals surface area contributed by atoms with Crippen LogP contribution >= 0.6 is 15.9 Å². The number of aromatic nitrogens is 1. The molecule has 0 atom stereocenters. The molecule has 1 aromatic heterocycles. The Kier molecular flexibility index (Phi) is 11.0. The number of carboxylic acids is 3. The number of carbonyl (C=O) groups is 3. The van der Waals surface area contributed by atoms with Crippen LogP contribution in [-0.2, 0) is 20.9 Å². The predicted octanol–water partition coefficient (Wildman–Crippen LogP) is -0.180. The van der Waals surface area contributed by atoms with Crippen molar-refractivity contribution in [2.24, 2.45) is 0 Å². The summed E-state index contributed by atoms with van der Waals surface area (Å²) in [4.78, 5) is 45.8. The van der Waals surface area contributed by atoms with Gasteiger partial charge in [0.1, 0.15) is 4.60 Å². The number of hydrogen-bond acceptors (Lipinski definition) is 8. The smallest absolute Gasteiger partial charge is 0.317 e. The summed E-state index contributed by atoms with van der Waals surface area (Å²) in [5.74, 6) is -2.84. The first-order valence-electron chi connectivity index (χ1n) is 10.4. The molecule has 1 aliphatic heterocycles. The van der Waals surface area contributed by atoms with Crippen LogP contribution in [-0.4, -0.2) is 130 Å². The van der Waals surface area contributed by atoms with Crippen molar-refractivity contribution < 1.29 is 29.7 Å². The van der Waals surface area contributed by atoms with Gasteiger partial charge in [0.05, 0.1) is 25.3 Å². The first kappa shape index (κ1) is 26.1. The monoisotopic (exact) mass is 515 g/mol. The van der Waals surface area contributed by atoms with Gasteiger partial charge < -0.3 is 15.3 Å². The van der Waals surface area contributed by atoms with Gasteiger partial charge in [-0.25, -0.2) is 4.98 Å². The van der Waals surface area contributed by atoms with Gasteiger partial charge in [-0.05, 0) is 28.1 Å². The van der Waals surface area contributed by atoms with Crippen molar-refractivity contribution in [3.63, 3.8) is 0 Å². The number of carboxylic acid groups (broad SMARTS) is 3. The standard InChI is InChI=1S/C20H30BrN5O6/c21-17-3-1-2-16(22-17)12-23-4-6-24(13-18(27)28)8-10-26(15-20(31)32)11-9-25(7-5-23)14-19(29)30/h1-3H,4-15H2,(H,27,28)(H,29,30)(H,31,32). The summed E-state index contributed by atoms with van der Waals surface area (Å²) in [5, 5.41) is 27.7. The third kappa shape index (κ3) is 10.5. The van der Waals surface area contributed by atoms with Gasteiger partial charge in [0.25, 0.3) is 0 Å². The highest BCUT2D eigenvalue weighted by Gasteiger charge is 2.20. The van der Waals surface area contributed by atoms with Gasteiger partial charge in [-0.15, -0.1) is 0 Å². The third-order valence-corrected chi connectivity index (χ3v) is 5.61. The Bertz CT molecular complexity index is 751. The van der Waals surface area contributed by atoms with Crippen LogP contribution in [0.1, 0.15) is 5.69 Å². The highest BCUT2D eigenvalue weighted by atomic mass is 79.9. The maximum absolute atomic E-state index is 11.3. The number of halogens is 1.